The smallest absolute Gasteiger partial charge is 0.254 e. The van der Waals surface area contributed by atoms with Crippen LogP contribution in [0, 0.1) is 45.6 Å². The van der Waals surface area contributed by atoms with Crippen molar-refractivity contribution in [3.05, 3.63) is 105 Å². The Balaban J connectivity index is 2.02. The van der Waals surface area contributed by atoms with E-state index in [-0.39, 0.29) is 38.7 Å². The molecule has 1 saturated heterocycles. The minimum atomic E-state index is -1.66. The zero-order valence-electron chi connectivity index (χ0n) is 21.1. The molecule has 3 unspecified atom stereocenters. The molecular formula is C30H25Cl2F2N3O. The summed E-state index contributed by atoms with van der Waals surface area (Å²) >= 11 is 12.2. The number of halogens is 4. The Kier molecular flexibility index (Phi) is 7.53. The number of carbonyl (C=O) groups excluding carboxylic acids is 1. The summed E-state index contributed by atoms with van der Waals surface area (Å²) in [5.74, 6) is -2.52. The van der Waals surface area contributed by atoms with Crippen molar-refractivity contribution in [1.29, 1.82) is 10.5 Å². The lowest BCUT2D eigenvalue weighted by molar-refractivity contribution is 0.0713. The van der Waals surface area contributed by atoms with Gasteiger partial charge in [-0.15, -0.1) is 0 Å². The summed E-state index contributed by atoms with van der Waals surface area (Å²) in [5.41, 5.74) is -1.27. The van der Waals surface area contributed by atoms with E-state index in [1.54, 1.807) is 6.07 Å². The highest BCUT2D eigenvalue weighted by atomic mass is 35.5. The topological polar surface area (TPSA) is 67.9 Å². The van der Waals surface area contributed by atoms with Crippen LogP contribution < -0.4 is 0 Å². The molecule has 0 radical (unpaired) electrons. The molecule has 3 aromatic carbocycles. The van der Waals surface area contributed by atoms with Gasteiger partial charge in [0.25, 0.3) is 5.91 Å². The number of likely N-dealkylation sites (tertiary alicyclic amines) is 1. The van der Waals surface area contributed by atoms with Crippen molar-refractivity contribution in [1.82, 2.24) is 4.90 Å². The zero-order valence-corrected chi connectivity index (χ0v) is 22.6. The number of benzene rings is 3. The molecule has 3 aromatic rings. The molecule has 0 aliphatic carbocycles. The summed E-state index contributed by atoms with van der Waals surface area (Å²) in [6.07, 6.45) is 0.443. The van der Waals surface area contributed by atoms with Crippen LogP contribution in [0.4, 0.5) is 8.78 Å². The van der Waals surface area contributed by atoms with E-state index in [0.717, 1.165) is 6.07 Å². The van der Waals surface area contributed by atoms with Gasteiger partial charge in [0, 0.05) is 34.2 Å². The highest BCUT2D eigenvalue weighted by Gasteiger charge is 2.60. The fourth-order valence-corrected chi connectivity index (χ4v) is 5.86. The third-order valence-corrected chi connectivity index (χ3v) is 7.55. The van der Waals surface area contributed by atoms with Crippen molar-refractivity contribution in [2.24, 2.45) is 11.3 Å². The first-order chi connectivity index (χ1) is 17.9. The first-order valence-corrected chi connectivity index (χ1v) is 12.8. The van der Waals surface area contributed by atoms with E-state index < -0.39 is 34.9 Å². The molecule has 1 aliphatic rings. The second-order valence-corrected chi connectivity index (χ2v) is 11.6. The third kappa shape index (κ3) is 4.87. The lowest BCUT2D eigenvalue weighted by Crippen LogP contribution is -2.41. The summed E-state index contributed by atoms with van der Waals surface area (Å²) in [6.45, 7) is 6.05. The van der Waals surface area contributed by atoms with Gasteiger partial charge in [0.05, 0.1) is 28.8 Å². The Bertz CT molecular complexity index is 1470. The molecule has 0 saturated carbocycles. The summed E-state index contributed by atoms with van der Waals surface area (Å²) in [7, 11) is 0. The second kappa shape index (κ2) is 10.4. The monoisotopic (exact) mass is 551 g/mol. The van der Waals surface area contributed by atoms with Crippen LogP contribution in [-0.2, 0) is 5.41 Å². The molecule has 8 heteroatoms. The predicted molar refractivity (Wildman–Crippen MR) is 143 cm³/mol. The average molecular weight is 552 g/mol. The predicted octanol–water partition coefficient (Wildman–Crippen LogP) is 7.85. The largest absolute Gasteiger partial charge is 0.329 e. The van der Waals surface area contributed by atoms with Gasteiger partial charge < -0.3 is 4.90 Å². The highest BCUT2D eigenvalue weighted by molar-refractivity contribution is 6.31. The number of carbonyl (C=O) groups is 1. The summed E-state index contributed by atoms with van der Waals surface area (Å²) in [4.78, 5) is 15.4. The Morgan fingerprint density at radius 1 is 1.08 bits per heavy atom. The lowest BCUT2D eigenvalue weighted by atomic mass is 9.63. The van der Waals surface area contributed by atoms with Crippen molar-refractivity contribution < 1.29 is 13.6 Å². The molecule has 1 amide bonds. The van der Waals surface area contributed by atoms with Crippen molar-refractivity contribution in [2.75, 3.05) is 6.54 Å². The standard InChI is InChI=1S/C30H25Cl2F2N3O/c1-29(2,3)14-20-16-37(28(38)19-9-7-18(15-35)8-10-19)27(22-5-4-6-24(32)26(22)34)30(20,17-36)23-12-11-21(31)13-25(23)33/h4-13,20,27H,14,16H2,1-3H3. The third-order valence-electron chi connectivity index (χ3n) is 7.02. The molecule has 0 N–H and O–H groups in total. The fraction of sp³-hybridized carbons (Fsp3) is 0.300. The molecule has 194 valence electrons. The minimum Gasteiger partial charge on any atom is -0.329 e. The number of nitrogens with zero attached hydrogens (tertiary/aromatic N) is 3. The number of nitriles is 2. The minimum absolute atomic E-state index is 0.0202. The molecule has 4 rings (SSSR count). The van der Waals surface area contributed by atoms with Gasteiger partial charge >= 0.3 is 0 Å². The maximum Gasteiger partial charge on any atom is 0.254 e. The van der Waals surface area contributed by atoms with Crippen molar-refractivity contribution >= 4 is 29.1 Å². The van der Waals surface area contributed by atoms with Crippen molar-refractivity contribution in [3.8, 4) is 12.1 Å². The molecule has 0 aromatic heterocycles. The van der Waals surface area contributed by atoms with Crippen molar-refractivity contribution in [3.63, 3.8) is 0 Å². The maximum absolute atomic E-state index is 15.7. The first-order valence-electron chi connectivity index (χ1n) is 12.0. The SMILES string of the molecule is CC(C)(C)CC1CN(C(=O)c2ccc(C#N)cc2)C(c2cccc(Cl)c2F)C1(C#N)c1ccc(Cl)cc1F. The number of amides is 1. The number of hydrogen-bond donors (Lipinski definition) is 0. The van der Waals surface area contributed by atoms with E-state index in [1.165, 1.54) is 53.4 Å². The molecule has 0 bridgehead atoms. The van der Waals surface area contributed by atoms with Crippen LogP contribution in [0.25, 0.3) is 0 Å². The Morgan fingerprint density at radius 3 is 2.34 bits per heavy atom. The van der Waals surface area contributed by atoms with E-state index in [9.17, 15) is 10.1 Å². The van der Waals surface area contributed by atoms with Gasteiger partial charge in [-0.05, 0) is 54.3 Å². The van der Waals surface area contributed by atoms with E-state index in [4.69, 9.17) is 28.5 Å². The highest BCUT2D eigenvalue weighted by Crippen LogP contribution is 2.56. The average Bonchev–Trinajstić information content (AvgIpc) is 3.18. The zero-order chi connectivity index (χ0) is 27.8. The fourth-order valence-electron chi connectivity index (χ4n) is 5.52. The Labute approximate surface area is 231 Å². The van der Waals surface area contributed by atoms with Crippen LogP contribution in [0.5, 0.6) is 0 Å². The summed E-state index contributed by atoms with van der Waals surface area (Å²) < 4.78 is 31.3. The molecule has 1 heterocycles. The second-order valence-electron chi connectivity index (χ2n) is 10.8. The van der Waals surface area contributed by atoms with Crippen molar-refractivity contribution in [2.45, 2.75) is 38.6 Å². The van der Waals surface area contributed by atoms with Crippen LogP contribution in [-0.4, -0.2) is 17.4 Å². The summed E-state index contributed by atoms with van der Waals surface area (Å²) in [5, 5.41) is 20.0. The molecular weight excluding hydrogens is 527 g/mol. The van der Waals surface area contributed by atoms with E-state index >= 15 is 8.78 Å². The van der Waals surface area contributed by atoms with E-state index in [1.807, 2.05) is 26.8 Å². The van der Waals surface area contributed by atoms with E-state index in [2.05, 4.69) is 6.07 Å². The molecule has 3 atom stereocenters. The van der Waals surface area contributed by atoms with Gasteiger partial charge in [0.15, 0.2) is 0 Å². The number of rotatable bonds is 4. The molecule has 38 heavy (non-hydrogen) atoms. The Morgan fingerprint density at radius 2 is 1.76 bits per heavy atom. The lowest BCUT2D eigenvalue weighted by Gasteiger charge is -2.38. The van der Waals surface area contributed by atoms with Crippen LogP contribution >= 0.6 is 23.2 Å². The van der Waals surface area contributed by atoms with Gasteiger partial charge in [-0.2, -0.15) is 10.5 Å². The first kappa shape index (κ1) is 27.6. The van der Waals surface area contributed by atoms with Crippen LogP contribution in [0.15, 0.2) is 60.7 Å². The van der Waals surface area contributed by atoms with Crippen LogP contribution in [0.3, 0.4) is 0 Å². The molecule has 4 nitrogen and oxygen atoms in total. The van der Waals surface area contributed by atoms with Gasteiger partial charge in [-0.25, -0.2) is 8.78 Å². The van der Waals surface area contributed by atoms with Crippen LogP contribution in [0.1, 0.15) is 60.3 Å². The normalized spacial score (nSPS) is 21.1. The van der Waals surface area contributed by atoms with Gasteiger partial charge in [0.1, 0.15) is 17.0 Å². The number of hydrogen-bond acceptors (Lipinski definition) is 3. The maximum atomic E-state index is 15.7. The molecule has 1 aliphatic heterocycles. The van der Waals surface area contributed by atoms with Gasteiger partial charge in [0.2, 0.25) is 0 Å². The Hall–Kier alpha value is -3.45. The molecule has 0 spiro atoms. The van der Waals surface area contributed by atoms with E-state index in [0.29, 0.717) is 12.0 Å². The quantitative estimate of drug-likeness (QED) is 0.331. The summed E-state index contributed by atoms with van der Waals surface area (Å²) in [6, 6.07) is 17.7. The van der Waals surface area contributed by atoms with Gasteiger partial charge in [-0.1, -0.05) is 62.2 Å². The van der Waals surface area contributed by atoms with Gasteiger partial charge in [-0.3, -0.25) is 4.79 Å². The molecule has 1 fully saturated rings. The van der Waals surface area contributed by atoms with Crippen LogP contribution in [0.2, 0.25) is 10.0 Å².